The number of pyridine rings is 1. The number of carbonyl (C=O) groups is 2. The first kappa shape index (κ1) is 22.1. The monoisotopic (exact) mass is 443 g/mol. The molecule has 0 amide bonds. The van der Waals surface area contributed by atoms with Crippen LogP contribution in [0.2, 0.25) is 0 Å². The number of carbonyl (C=O) groups excluding carboxylic acids is 2. The smallest absolute Gasteiger partial charge is 0.417 e. The zero-order valence-electron chi connectivity index (χ0n) is 15.5. The molecular formula is C20H11F6NO4. The van der Waals surface area contributed by atoms with E-state index >= 15 is 0 Å². The number of ketones is 1. The second-order valence-corrected chi connectivity index (χ2v) is 6.17. The highest BCUT2D eigenvalue weighted by Crippen LogP contribution is 2.37. The number of hydrogen-bond acceptors (Lipinski definition) is 5. The standard InChI is InChI=1S/C20H11F6NO4/c1-30-18(29)16-17-12(5-6-31-17)13(9-27-16)15(28)8-14(20(24,25)26)10-3-2-4-11(7-10)19(21,22)23/h2-9H,1H3/b14-8-. The van der Waals surface area contributed by atoms with Crippen molar-refractivity contribution in [2.75, 3.05) is 7.11 Å². The molecule has 0 radical (unpaired) electrons. The van der Waals surface area contributed by atoms with E-state index in [0.717, 1.165) is 31.7 Å². The predicted molar refractivity (Wildman–Crippen MR) is 95.2 cm³/mol. The molecular weight excluding hydrogens is 432 g/mol. The van der Waals surface area contributed by atoms with Crippen LogP contribution in [0.4, 0.5) is 26.3 Å². The van der Waals surface area contributed by atoms with Crippen LogP contribution in [0.25, 0.3) is 16.5 Å². The Morgan fingerprint density at radius 3 is 2.42 bits per heavy atom. The number of benzene rings is 1. The third-order valence-electron chi connectivity index (χ3n) is 4.22. The Hall–Kier alpha value is -3.63. The van der Waals surface area contributed by atoms with Gasteiger partial charge in [0.25, 0.3) is 0 Å². The van der Waals surface area contributed by atoms with E-state index in [-0.39, 0.29) is 28.3 Å². The van der Waals surface area contributed by atoms with Gasteiger partial charge in [-0.25, -0.2) is 9.78 Å². The molecule has 2 heterocycles. The number of fused-ring (bicyclic) bond motifs is 1. The van der Waals surface area contributed by atoms with Crippen molar-refractivity contribution in [2.45, 2.75) is 12.4 Å². The minimum Gasteiger partial charge on any atom is -0.464 e. The normalized spacial score (nSPS) is 12.8. The Bertz CT molecular complexity index is 1190. The van der Waals surface area contributed by atoms with Crippen LogP contribution < -0.4 is 0 Å². The molecule has 0 aliphatic carbocycles. The van der Waals surface area contributed by atoms with Gasteiger partial charge >= 0.3 is 18.3 Å². The molecule has 0 bridgehead atoms. The topological polar surface area (TPSA) is 69.4 Å². The third-order valence-corrected chi connectivity index (χ3v) is 4.22. The van der Waals surface area contributed by atoms with Gasteiger partial charge in [0.1, 0.15) is 0 Å². The van der Waals surface area contributed by atoms with Crippen molar-refractivity contribution >= 4 is 28.3 Å². The molecule has 0 fully saturated rings. The summed E-state index contributed by atoms with van der Waals surface area (Å²) in [6.45, 7) is 0. The molecule has 2 aromatic heterocycles. The number of halogens is 6. The molecule has 0 saturated carbocycles. The van der Waals surface area contributed by atoms with Crippen molar-refractivity contribution in [3.05, 3.63) is 71.3 Å². The number of alkyl halides is 6. The number of aromatic nitrogens is 1. The minimum absolute atomic E-state index is 0.0118. The maximum absolute atomic E-state index is 13.6. The first-order valence-corrected chi connectivity index (χ1v) is 8.39. The van der Waals surface area contributed by atoms with Crippen molar-refractivity contribution in [1.29, 1.82) is 0 Å². The number of furan rings is 1. The Morgan fingerprint density at radius 2 is 1.81 bits per heavy atom. The fraction of sp³-hybridized carbons (Fsp3) is 0.150. The average molecular weight is 443 g/mol. The van der Waals surface area contributed by atoms with Gasteiger partial charge in [-0.15, -0.1) is 0 Å². The number of ether oxygens (including phenoxy) is 1. The van der Waals surface area contributed by atoms with E-state index in [2.05, 4.69) is 9.72 Å². The fourth-order valence-corrected chi connectivity index (χ4v) is 2.80. The van der Waals surface area contributed by atoms with E-state index in [9.17, 15) is 35.9 Å². The van der Waals surface area contributed by atoms with Crippen LogP contribution in [0.1, 0.15) is 32.0 Å². The minimum atomic E-state index is -5.13. The van der Waals surface area contributed by atoms with Crippen molar-refractivity contribution in [1.82, 2.24) is 4.98 Å². The predicted octanol–water partition coefficient (Wildman–Crippen LogP) is 5.46. The van der Waals surface area contributed by atoms with Crippen molar-refractivity contribution in [3.8, 4) is 0 Å². The Morgan fingerprint density at radius 1 is 1.10 bits per heavy atom. The lowest BCUT2D eigenvalue weighted by atomic mass is 9.99. The van der Waals surface area contributed by atoms with Crippen LogP contribution in [0.15, 0.2) is 53.3 Å². The highest BCUT2D eigenvalue weighted by molar-refractivity contribution is 6.17. The van der Waals surface area contributed by atoms with Crippen molar-refractivity contribution in [2.24, 2.45) is 0 Å². The molecule has 11 heteroatoms. The Balaban J connectivity index is 2.13. The van der Waals surface area contributed by atoms with E-state index in [0.29, 0.717) is 12.1 Å². The highest BCUT2D eigenvalue weighted by atomic mass is 19.4. The van der Waals surface area contributed by atoms with E-state index in [1.807, 2.05) is 0 Å². The quantitative estimate of drug-likeness (QED) is 0.232. The summed E-state index contributed by atoms with van der Waals surface area (Å²) in [6, 6.07) is 3.78. The van der Waals surface area contributed by atoms with Crippen LogP contribution in [0.3, 0.4) is 0 Å². The van der Waals surface area contributed by atoms with E-state index in [4.69, 9.17) is 4.42 Å². The second kappa shape index (κ2) is 7.89. The van der Waals surface area contributed by atoms with Crippen LogP contribution in [-0.2, 0) is 10.9 Å². The summed E-state index contributed by atoms with van der Waals surface area (Å²) >= 11 is 0. The summed E-state index contributed by atoms with van der Waals surface area (Å²) in [5, 5.41) is -0.0118. The van der Waals surface area contributed by atoms with Gasteiger partial charge in [-0.1, -0.05) is 12.1 Å². The van der Waals surface area contributed by atoms with Gasteiger partial charge < -0.3 is 9.15 Å². The molecule has 0 spiro atoms. The highest BCUT2D eigenvalue weighted by Gasteiger charge is 2.37. The van der Waals surface area contributed by atoms with Crippen LogP contribution in [0, 0.1) is 0 Å². The molecule has 0 aliphatic heterocycles. The SMILES string of the molecule is COC(=O)c1ncc(C(=O)/C=C(/c2cccc(C(F)(F)F)c2)C(F)(F)F)c2ccoc12. The number of hydrogen-bond donors (Lipinski definition) is 0. The first-order valence-electron chi connectivity index (χ1n) is 8.39. The number of nitrogens with zero attached hydrogens (tertiary/aromatic N) is 1. The summed E-state index contributed by atoms with van der Waals surface area (Å²) < 4.78 is 89.1. The molecule has 3 rings (SSSR count). The molecule has 5 nitrogen and oxygen atoms in total. The molecule has 0 saturated heterocycles. The molecule has 3 aromatic rings. The van der Waals surface area contributed by atoms with E-state index in [1.165, 1.54) is 6.07 Å². The number of esters is 1. The number of allylic oxidation sites excluding steroid dienone is 2. The zero-order valence-corrected chi connectivity index (χ0v) is 15.5. The van der Waals surface area contributed by atoms with Crippen LogP contribution in [0.5, 0.6) is 0 Å². The fourth-order valence-electron chi connectivity index (χ4n) is 2.80. The third kappa shape index (κ3) is 4.44. The maximum Gasteiger partial charge on any atom is 0.417 e. The summed E-state index contributed by atoms with van der Waals surface area (Å²) in [6.07, 6.45) is -7.86. The zero-order chi connectivity index (χ0) is 23.0. The Kier molecular flexibility index (Phi) is 5.62. The van der Waals surface area contributed by atoms with Crippen LogP contribution >= 0.6 is 0 Å². The maximum atomic E-state index is 13.6. The summed E-state index contributed by atoms with van der Waals surface area (Å²) in [7, 11) is 1.07. The molecule has 0 N–H and O–H groups in total. The van der Waals surface area contributed by atoms with Gasteiger partial charge in [0, 0.05) is 11.6 Å². The number of rotatable bonds is 4. The molecule has 1 aromatic carbocycles. The second-order valence-electron chi connectivity index (χ2n) is 6.17. The molecule has 0 aliphatic rings. The van der Waals surface area contributed by atoms with E-state index < -0.39 is 40.8 Å². The van der Waals surface area contributed by atoms with Crippen molar-refractivity contribution < 1.29 is 45.1 Å². The lowest BCUT2D eigenvalue weighted by Crippen LogP contribution is -2.14. The lowest BCUT2D eigenvalue weighted by Gasteiger charge is -2.14. The molecule has 0 atom stereocenters. The van der Waals surface area contributed by atoms with Gasteiger partial charge in [-0.2, -0.15) is 26.3 Å². The summed E-state index contributed by atoms with van der Waals surface area (Å²) in [5.74, 6) is -2.09. The lowest BCUT2D eigenvalue weighted by molar-refractivity contribution is -0.137. The molecule has 162 valence electrons. The molecule has 31 heavy (non-hydrogen) atoms. The Labute approximate surface area is 169 Å². The van der Waals surface area contributed by atoms with Gasteiger partial charge in [0.05, 0.1) is 30.1 Å². The van der Waals surface area contributed by atoms with Gasteiger partial charge in [0.15, 0.2) is 17.1 Å². The van der Waals surface area contributed by atoms with E-state index in [1.54, 1.807) is 0 Å². The summed E-state index contributed by atoms with van der Waals surface area (Å²) in [4.78, 5) is 28.1. The first-order chi connectivity index (χ1) is 14.4. The van der Waals surface area contributed by atoms with Crippen LogP contribution in [-0.4, -0.2) is 30.0 Å². The summed E-state index contributed by atoms with van der Waals surface area (Å²) in [5.41, 5.74) is -4.52. The molecule has 0 unspecified atom stereocenters. The largest absolute Gasteiger partial charge is 0.464 e. The number of methoxy groups -OCH3 is 1. The average Bonchev–Trinajstić information content (AvgIpc) is 3.19. The van der Waals surface area contributed by atoms with Gasteiger partial charge in [-0.3, -0.25) is 4.79 Å². The van der Waals surface area contributed by atoms with Gasteiger partial charge in [0.2, 0.25) is 0 Å². The van der Waals surface area contributed by atoms with Gasteiger partial charge in [-0.05, 0) is 29.8 Å². The van der Waals surface area contributed by atoms with Crippen molar-refractivity contribution in [3.63, 3.8) is 0 Å².